The third-order valence-electron chi connectivity index (χ3n) is 5.12. The Morgan fingerprint density at radius 2 is 2.55 bits per heavy atom. The molecule has 4 atom stereocenters. The number of Topliss-reactive ketones (excluding diaryl/α,β-unsaturated/α-hetero) is 1. The van der Waals surface area contributed by atoms with Crippen molar-refractivity contribution in [3.05, 3.63) is 23.2 Å². The van der Waals surface area contributed by atoms with Gasteiger partial charge in [0.15, 0.2) is 23.4 Å². The lowest BCUT2D eigenvalue weighted by Crippen LogP contribution is -2.65. The number of likely N-dealkylation sites (N-methyl/N-ethyl adjacent to an activating group) is 1. The van der Waals surface area contributed by atoms with Crippen LogP contribution >= 0.6 is 0 Å². The minimum Gasteiger partial charge on any atom is -0.493 e. The molecule has 2 fully saturated rings. The SMILES string of the molecule is [2H]c1c([2H])c2c3c(c1OC)OC1([2H])C(=O)C([2H])([2H])C[C@@H]4[C@@]31CCN(C([2H])([2H])[2H])[C@]4([2H])C2([2H])[2H]. The van der Waals surface area contributed by atoms with E-state index < -0.39 is 73.0 Å². The van der Waals surface area contributed by atoms with E-state index in [0.717, 1.165) is 0 Å². The summed E-state index contributed by atoms with van der Waals surface area (Å²) in [5.74, 6) is -3.27. The number of carbonyl (C=O) groups excluding carboxylic acids is 1. The van der Waals surface area contributed by atoms with Crippen LogP contribution in [0.1, 0.15) is 45.4 Å². The van der Waals surface area contributed by atoms with Crippen LogP contribution < -0.4 is 9.47 Å². The van der Waals surface area contributed by atoms with E-state index in [1.54, 1.807) is 0 Å². The fourth-order valence-corrected chi connectivity index (χ4v) is 4.19. The van der Waals surface area contributed by atoms with Crippen LogP contribution in [0.5, 0.6) is 11.5 Å². The van der Waals surface area contributed by atoms with Crippen LogP contribution in [0.3, 0.4) is 0 Å². The third kappa shape index (κ3) is 1.27. The van der Waals surface area contributed by atoms with Gasteiger partial charge in [-0.15, -0.1) is 0 Å². The Morgan fingerprint density at radius 3 is 3.36 bits per heavy atom. The molecule has 0 amide bonds. The van der Waals surface area contributed by atoms with E-state index in [1.165, 1.54) is 7.11 Å². The van der Waals surface area contributed by atoms with Gasteiger partial charge in [-0.05, 0) is 50.3 Å². The maximum atomic E-state index is 13.3. The van der Waals surface area contributed by atoms with Gasteiger partial charge in [0, 0.05) is 34.3 Å². The van der Waals surface area contributed by atoms with Crippen LogP contribution in [-0.2, 0) is 16.6 Å². The summed E-state index contributed by atoms with van der Waals surface area (Å²) in [5, 5.41) is 0. The molecule has 0 N–H and O–H groups in total. The molecule has 2 heterocycles. The van der Waals surface area contributed by atoms with Crippen molar-refractivity contribution in [3.63, 3.8) is 0 Å². The van der Waals surface area contributed by atoms with E-state index in [1.807, 2.05) is 0 Å². The molecule has 1 saturated heterocycles. The van der Waals surface area contributed by atoms with Gasteiger partial charge in [-0.3, -0.25) is 4.79 Å². The Morgan fingerprint density at radius 1 is 1.64 bits per heavy atom. The Bertz CT molecular complexity index is 1120. The molecule has 1 aromatic rings. The van der Waals surface area contributed by atoms with Crippen molar-refractivity contribution in [1.82, 2.24) is 4.90 Å². The maximum Gasteiger partial charge on any atom is 0.174 e. The molecule has 0 radical (unpaired) electrons. The molecular formula is C18H21NO3. The summed E-state index contributed by atoms with van der Waals surface area (Å²) < 4.78 is 105. The predicted octanol–water partition coefficient (Wildman–Crippen LogP) is 1.93. The number of nitrogens with zero attached hydrogens (tertiary/aromatic N) is 1. The van der Waals surface area contributed by atoms with Crippen LogP contribution in [0, 0.1) is 5.92 Å². The van der Waals surface area contributed by atoms with Crippen LogP contribution in [-0.4, -0.2) is 43.4 Å². The summed E-state index contributed by atoms with van der Waals surface area (Å²) >= 11 is 0. The summed E-state index contributed by atoms with van der Waals surface area (Å²) in [6.45, 7) is -3.33. The van der Waals surface area contributed by atoms with Gasteiger partial charge in [-0.1, -0.05) is 6.04 Å². The molecule has 2 bridgehead atoms. The van der Waals surface area contributed by atoms with Gasteiger partial charge in [0.25, 0.3) is 0 Å². The van der Waals surface area contributed by atoms with E-state index in [2.05, 4.69) is 0 Å². The Labute approximate surface area is 145 Å². The van der Waals surface area contributed by atoms with Gasteiger partial charge >= 0.3 is 0 Å². The lowest BCUT2D eigenvalue weighted by molar-refractivity contribution is -0.138. The number of ether oxygens (including phenoxy) is 2. The topological polar surface area (TPSA) is 38.8 Å². The van der Waals surface area contributed by atoms with E-state index in [0.29, 0.717) is 4.90 Å². The zero-order valence-corrected chi connectivity index (χ0v) is 11.9. The highest BCUT2D eigenvalue weighted by atomic mass is 16.5. The maximum absolute atomic E-state index is 13.3. The number of ketones is 1. The number of hydrogen-bond acceptors (Lipinski definition) is 4. The van der Waals surface area contributed by atoms with Crippen LogP contribution in [0.2, 0.25) is 0 Å². The number of piperidine rings is 1. The van der Waals surface area contributed by atoms with Crippen molar-refractivity contribution in [2.75, 3.05) is 20.6 Å². The molecule has 0 aromatic heterocycles. The summed E-state index contributed by atoms with van der Waals surface area (Å²) in [5.41, 5.74) is -2.32. The number of rotatable bonds is 1. The molecule has 4 nitrogen and oxygen atoms in total. The average Bonchev–Trinajstić information content (AvgIpc) is 2.93. The largest absolute Gasteiger partial charge is 0.493 e. The zero-order chi connectivity index (χ0) is 24.7. The van der Waals surface area contributed by atoms with Crippen molar-refractivity contribution in [3.8, 4) is 11.5 Å². The summed E-state index contributed by atoms with van der Waals surface area (Å²) in [7, 11) is 1.19. The number of carbonyl (C=O) groups is 1. The Hall–Kier alpha value is -1.55. The monoisotopic (exact) mass is 310 g/mol. The molecule has 2 aliphatic carbocycles. The molecule has 4 aliphatic rings. The fraction of sp³-hybridized carbons (Fsp3) is 0.611. The van der Waals surface area contributed by atoms with Gasteiger partial charge in [0.2, 0.25) is 0 Å². The molecule has 116 valence electrons. The lowest BCUT2D eigenvalue weighted by atomic mass is 9.52. The second-order valence-electron chi connectivity index (χ2n) is 5.94. The molecule has 1 aromatic carbocycles. The predicted molar refractivity (Wildman–Crippen MR) is 81.6 cm³/mol. The highest BCUT2D eigenvalue weighted by molar-refractivity contribution is 5.89. The first-order chi connectivity index (χ1) is 14.9. The van der Waals surface area contributed by atoms with Crippen molar-refractivity contribution in [2.24, 2.45) is 5.92 Å². The van der Waals surface area contributed by atoms with Crippen LogP contribution in [0.4, 0.5) is 0 Å². The molecule has 4 heteroatoms. The number of benzene rings is 1. The van der Waals surface area contributed by atoms with Crippen molar-refractivity contribution in [1.29, 1.82) is 0 Å². The molecular weight excluding hydrogens is 278 g/mol. The Kier molecular flexibility index (Phi) is 1.13. The highest BCUT2D eigenvalue weighted by Gasteiger charge is 2.65. The van der Waals surface area contributed by atoms with Crippen molar-refractivity contribution in [2.45, 2.75) is 43.1 Å². The molecule has 5 rings (SSSR count). The van der Waals surface area contributed by atoms with Crippen LogP contribution in [0.15, 0.2) is 12.1 Å². The number of likely N-dealkylation sites (tertiary alicyclic amines) is 1. The smallest absolute Gasteiger partial charge is 0.174 e. The normalized spacial score (nSPS) is 57.6. The van der Waals surface area contributed by atoms with Gasteiger partial charge < -0.3 is 14.4 Å². The van der Waals surface area contributed by atoms with E-state index in [9.17, 15) is 6.17 Å². The van der Waals surface area contributed by atoms with Crippen molar-refractivity contribution >= 4 is 5.78 Å². The minimum atomic E-state index is -2.95. The standard InChI is InChI=1S/C18H21NO3/c1-19-8-7-18-11-4-5-13(20)17(18)22-16-14(21-2)6-3-10(15(16)18)9-12(11)19/h3,6,11-12,17H,4-5,7-9H2,1-2H3/t11-,12+,17?,18-/m0/s1/i1D3,3D,5D2,6D,9D2,12D,17D. The fourth-order valence-electron chi connectivity index (χ4n) is 4.19. The van der Waals surface area contributed by atoms with Gasteiger partial charge in [-0.25, -0.2) is 0 Å². The lowest BCUT2D eigenvalue weighted by Gasteiger charge is -2.57. The molecule has 1 saturated carbocycles. The average molecular weight is 310 g/mol. The van der Waals surface area contributed by atoms with Crippen molar-refractivity contribution < 1.29 is 29.3 Å². The van der Waals surface area contributed by atoms with Gasteiger partial charge in [-0.2, -0.15) is 0 Å². The van der Waals surface area contributed by atoms with Gasteiger partial charge in [0.1, 0.15) is 0 Å². The number of hydrogen-bond donors (Lipinski definition) is 0. The molecule has 1 spiro atoms. The molecule has 2 aliphatic heterocycles. The Balaban J connectivity index is 2.00. The first-order valence-electron chi connectivity index (χ1n) is 12.7. The number of methoxy groups -OCH3 is 1. The minimum absolute atomic E-state index is 0.0535. The molecule has 22 heavy (non-hydrogen) atoms. The van der Waals surface area contributed by atoms with E-state index in [4.69, 9.17) is 23.2 Å². The summed E-state index contributed by atoms with van der Waals surface area (Å²) in [6, 6.07) is -3.91. The summed E-state index contributed by atoms with van der Waals surface area (Å²) in [4.78, 5) is 14.0. The highest BCUT2D eigenvalue weighted by Crippen LogP contribution is 2.62. The quantitative estimate of drug-likeness (QED) is 0.794. The zero-order valence-electron chi connectivity index (χ0n) is 22.9. The summed E-state index contributed by atoms with van der Waals surface area (Å²) in [6.07, 6.45) is -9.13. The van der Waals surface area contributed by atoms with Gasteiger partial charge in [0.05, 0.1) is 11.2 Å². The third-order valence-corrected chi connectivity index (χ3v) is 5.12. The van der Waals surface area contributed by atoms with Crippen LogP contribution in [0.25, 0.3) is 0 Å². The van der Waals surface area contributed by atoms with E-state index in [-0.39, 0.29) is 30.0 Å². The first kappa shape index (κ1) is 6.16. The second kappa shape index (κ2) is 4.05. The molecule has 1 unspecified atom stereocenters. The van der Waals surface area contributed by atoms with E-state index >= 15 is 0 Å². The first-order valence-corrected chi connectivity index (χ1v) is 7.18. The second-order valence-corrected chi connectivity index (χ2v) is 5.94.